The van der Waals surface area contributed by atoms with Crippen molar-refractivity contribution in [2.24, 2.45) is 0 Å². The first-order valence-electron chi connectivity index (χ1n) is 12.3. The van der Waals surface area contributed by atoms with E-state index in [2.05, 4.69) is 15.5 Å². The van der Waals surface area contributed by atoms with E-state index in [9.17, 15) is 18.0 Å². The highest BCUT2D eigenvalue weighted by molar-refractivity contribution is 7.99. The number of nitrogens with zero attached hydrogens (tertiary/aromatic N) is 4. The van der Waals surface area contributed by atoms with Gasteiger partial charge in [-0.25, -0.2) is 8.42 Å². The van der Waals surface area contributed by atoms with Crippen molar-refractivity contribution < 1.29 is 18.0 Å². The summed E-state index contributed by atoms with van der Waals surface area (Å²) in [7, 11) is -3.54. The number of sulfonamides is 1. The number of ketones is 1. The van der Waals surface area contributed by atoms with Gasteiger partial charge in [-0.2, -0.15) is 4.31 Å². The Bertz CT molecular complexity index is 1360. The second kappa shape index (κ2) is 12.0. The van der Waals surface area contributed by atoms with Crippen LogP contribution in [0.15, 0.2) is 58.6 Å². The van der Waals surface area contributed by atoms with Crippen molar-refractivity contribution in [3.8, 4) is 5.69 Å². The van der Waals surface area contributed by atoms with Gasteiger partial charge in [0.2, 0.25) is 15.9 Å². The summed E-state index contributed by atoms with van der Waals surface area (Å²) in [6.45, 7) is 4.96. The van der Waals surface area contributed by atoms with Crippen LogP contribution < -0.4 is 5.32 Å². The number of carbonyl (C=O) groups is 2. The first kappa shape index (κ1) is 27.0. The Morgan fingerprint density at radius 3 is 2.43 bits per heavy atom. The molecule has 4 rings (SSSR count). The summed E-state index contributed by atoms with van der Waals surface area (Å²) < 4.78 is 29.2. The lowest BCUT2D eigenvalue weighted by atomic mass is 10.1. The molecule has 1 amide bonds. The third kappa shape index (κ3) is 6.65. The number of amides is 1. The maximum Gasteiger partial charge on any atom is 0.243 e. The molecule has 2 heterocycles. The molecule has 1 aliphatic rings. The normalized spacial score (nSPS) is 14.4. The fourth-order valence-electron chi connectivity index (χ4n) is 4.21. The first-order chi connectivity index (χ1) is 17.8. The molecule has 1 fully saturated rings. The second-order valence-electron chi connectivity index (χ2n) is 9.01. The molecule has 0 radical (unpaired) electrons. The number of benzene rings is 2. The van der Waals surface area contributed by atoms with E-state index in [1.165, 1.54) is 35.1 Å². The van der Waals surface area contributed by atoms with Crippen LogP contribution in [0.25, 0.3) is 5.69 Å². The zero-order valence-electron chi connectivity index (χ0n) is 21.0. The lowest BCUT2D eigenvalue weighted by Gasteiger charge is -2.25. The Morgan fingerprint density at radius 2 is 1.76 bits per heavy atom. The monoisotopic (exact) mass is 541 g/mol. The van der Waals surface area contributed by atoms with Gasteiger partial charge in [-0.15, -0.1) is 10.2 Å². The lowest BCUT2D eigenvalue weighted by Crippen LogP contribution is -2.35. The minimum atomic E-state index is -3.54. The summed E-state index contributed by atoms with van der Waals surface area (Å²) in [5.74, 6) is 0.553. The van der Waals surface area contributed by atoms with E-state index in [4.69, 9.17) is 0 Å². The van der Waals surface area contributed by atoms with Gasteiger partial charge in [0.05, 0.1) is 10.6 Å². The van der Waals surface area contributed by atoms with E-state index in [0.717, 1.165) is 30.5 Å². The SMILES string of the molecule is CC(=O)NCCc1nnc(SCC(=O)c2ccc(S(=O)(=O)N3CCCCC3)cc2)n1-c1cccc(C)c1. The summed E-state index contributed by atoms with van der Waals surface area (Å²) in [4.78, 5) is 24.4. The molecule has 1 saturated heterocycles. The molecule has 1 N–H and O–H groups in total. The van der Waals surface area contributed by atoms with Crippen LogP contribution in [0.3, 0.4) is 0 Å². The van der Waals surface area contributed by atoms with Crippen LogP contribution in [-0.4, -0.2) is 64.6 Å². The van der Waals surface area contributed by atoms with Crippen molar-refractivity contribution in [3.63, 3.8) is 0 Å². The number of hydrogen-bond donors (Lipinski definition) is 1. The van der Waals surface area contributed by atoms with Gasteiger partial charge in [-0.1, -0.05) is 42.4 Å². The molecule has 37 heavy (non-hydrogen) atoms. The van der Waals surface area contributed by atoms with Crippen LogP contribution in [0.4, 0.5) is 0 Å². The van der Waals surface area contributed by atoms with Crippen molar-refractivity contribution in [3.05, 3.63) is 65.5 Å². The van der Waals surface area contributed by atoms with E-state index in [0.29, 0.717) is 42.6 Å². The van der Waals surface area contributed by atoms with Crippen molar-refractivity contribution in [2.45, 2.75) is 49.6 Å². The Hall–Kier alpha value is -3.02. The van der Waals surface area contributed by atoms with Crippen LogP contribution in [0.2, 0.25) is 0 Å². The molecule has 0 aliphatic carbocycles. The van der Waals surface area contributed by atoms with Gasteiger partial charge in [0.25, 0.3) is 0 Å². The molecule has 1 aliphatic heterocycles. The molecule has 0 saturated carbocycles. The maximum atomic E-state index is 13.0. The Labute approximate surface area is 221 Å². The van der Waals surface area contributed by atoms with E-state index in [-0.39, 0.29) is 22.3 Å². The van der Waals surface area contributed by atoms with Crippen LogP contribution in [0, 0.1) is 6.92 Å². The second-order valence-corrected chi connectivity index (χ2v) is 11.9. The quantitative estimate of drug-likeness (QED) is 0.309. The van der Waals surface area contributed by atoms with Gasteiger partial charge in [-0.3, -0.25) is 14.2 Å². The zero-order valence-corrected chi connectivity index (χ0v) is 22.6. The fraction of sp³-hybridized carbons (Fsp3) is 0.385. The van der Waals surface area contributed by atoms with Gasteiger partial charge in [0.1, 0.15) is 5.82 Å². The smallest absolute Gasteiger partial charge is 0.243 e. The molecule has 0 bridgehead atoms. The van der Waals surface area contributed by atoms with E-state index in [1.807, 2.05) is 35.8 Å². The van der Waals surface area contributed by atoms with E-state index < -0.39 is 10.0 Å². The molecule has 0 unspecified atom stereocenters. The molecular weight excluding hydrogens is 510 g/mol. The number of piperidine rings is 1. The summed E-state index contributed by atoms with van der Waals surface area (Å²) in [5.41, 5.74) is 2.40. The van der Waals surface area contributed by atoms with Gasteiger partial charge in [0.15, 0.2) is 10.9 Å². The maximum absolute atomic E-state index is 13.0. The molecule has 2 aromatic carbocycles. The summed E-state index contributed by atoms with van der Waals surface area (Å²) in [5, 5.41) is 12.0. The van der Waals surface area contributed by atoms with Crippen molar-refractivity contribution >= 4 is 33.5 Å². The number of aromatic nitrogens is 3. The molecule has 1 aromatic heterocycles. The lowest BCUT2D eigenvalue weighted by molar-refractivity contribution is -0.118. The number of hydrogen-bond acceptors (Lipinski definition) is 7. The number of thioether (sulfide) groups is 1. The number of nitrogens with one attached hydrogen (secondary N) is 1. The van der Waals surface area contributed by atoms with Crippen LogP contribution in [-0.2, 0) is 21.2 Å². The molecular formula is C26H31N5O4S2. The third-order valence-electron chi connectivity index (χ3n) is 6.14. The van der Waals surface area contributed by atoms with Crippen LogP contribution in [0.5, 0.6) is 0 Å². The average molecular weight is 542 g/mol. The summed E-state index contributed by atoms with van der Waals surface area (Å²) >= 11 is 1.27. The Balaban J connectivity index is 1.48. The van der Waals surface area contributed by atoms with Crippen molar-refractivity contribution in [1.29, 1.82) is 0 Å². The van der Waals surface area contributed by atoms with Crippen molar-refractivity contribution in [1.82, 2.24) is 24.4 Å². The van der Waals surface area contributed by atoms with Gasteiger partial charge in [-0.05, 0) is 49.6 Å². The highest BCUT2D eigenvalue weighted by Crippen LogP contribution is 2.25. The fourth-order valence-corrected chi connectivity index (χ4v) is 6.60. The summed E-state index contributed by atoms with van der Waals surface area (Å²) in [6.07, 6.45) is 3.28. The number of rotatable bonds is 10. The molecule has 3 aromatic rings. The van der Waals surface area contributed by atoms with E-state index >= 15 is 0 Å². The highest BCUT2D eigenvalue weighted by atomic mass is 32.2. The first-order valence-corrected chi connectivity index (χ1v) is 14.7. The minimum Gasteiger partial charge on any atom is -0.356 e. The zero-order chi connectivity index (χ0) is 26.4. The molecule has 0 atom stereocenters. The van der Waals surface area contributed by atoms with Crippen molar-refractivity contribution in [2.75, 3.05) is 25.4 Å². The predicted molar refractivity (Wildman–Crippen MR) is 143 cm³/mol. The number of Topliss-reactive ketones (excluding diaryl/α,β-unsaturated/α-hetero) is 1. The largest absolute Gasteiger partial charge is 0.356 e. The highest BCUT2D eigenvalue weighted by Gasteiger charge is 2.26. The standard InChI is InChI=1S/C26H31N5O4S2/c1-19-7-6-8-22(17-19)31-25(13-14-27-20(2)32)28-29-26(31)36-18-24(33)21-9-11-23(12-10-21)37(34,35)30-15-4-3-5-16-30/h6-12,17H,3-5,13-16,18H2,1-2H3,(H,27,32). The van der Waals surface area contributed by atoms with Gasteiger partial charge in [0, 0.05) is 44.2 Å². The molecule has 11 heteroatoms. The Morgan fingerprint density at radius 1 is 1.03 bits per heavy atom. The molecule has 9 nitrogen and oxygen atoms in total. The number of carbonyl (C=O) groups excluding carboxylic acids is 2. The minimum absolute atomic E-state index is 0.114. The number of aryl methyl sites for hydroxylation is 1. The van der Waals surface area contributed by atoms with Gasteiger partial charge < -0.3 is 5.32 Å². The third-order valence-corrected chi connectivity index (χ3v) is 8.99. The average Bonchev–Trinajstić information content (AvgIpc) is 3.30. The molecule has 0 spiro atoms. The predicted octanol–water partition coefficient (Wildman–Crippen LogP) is 3.40. The topological polar surface area (TPSA) is 114 Å². The molecule has 196 valence electrons. The summed E-state index contributed by atoms with van der Waals surface area (Å²) in [6, 6.07) is 14.1. The van der Waals surface area contributed by atoms with Gasteiger partial charge >= 0.3 is 0 Å². The van der Waals surface area contributed by atoms with E-state index in [1.54, 1.807) is 12.1 Å². The van der Waals surface area contributed by atoms with Crippen LogP contribution >= 0.6 is 11.8 Å². The van der Waals surface area contributed by atoms with Crippen LogP contribution in [0.1, 0.15) is 47.9 Å². The Kier molecular flexibility index (Phi) is 8.78.